The van der Waals surface area contributed by atoms with E-state index in [0.29, 0.717) is 41.2 Å². The fraction of sp³-hybridized carbons (Fsp3) is 0.370. The van der Waals surface area contributed by atoms with Gasteiger partial charge in [0.15, 0.2) is 18.4 Å². The number of nitrogens with one attached hydrogen (secondary N) is 2. The van der Waals surface area contributed by atoms with Gasteiger partial charge in [0, 0.05) is 36.5 Å². The molecule has 4 N–H and O–H groups in total. The second kappa shape index (κ2) is 15.3. The molecule has 0 aliphatic heterocycles. The number of aliphatic hydroxyl groups excluding tert-OH is 1. The van der Waals surface area contributed by atoms with Crippen molar-refractivity contribution in [2.75, 3.05) is 12.9 Å². The molecule has 0 bridgehead atoms. The molecule has 0 saturated heterocycles. The second-order valence-electron chi connectivity index (χ2n) is 9.36. The van der Waals surface area contributed by atoms with E-state index in [2.05, 4.69) is 20.6 Å². The number of ether oxygens (including phenoxy) is 1. The van der Waals surface area contributed by atoms with Crippen LogP contribution < -0.4 is 15.4 Å². The minimum atomic E-state index is -4.64. The Labute approximate surface area is 243 Å². The minimum Gasteiger partial charge on any atom is -0.496 e. The number of aromatic carboxylic acids is 1. The third-order valence-corrected chi connectivity index (χ3v) is 6.50. The summed E-state index contributed by atoms with van der Waals surface area (Å²) in [6, 6.07) is 8.65. The lowest BCUT2D eigenvalue weighted by Crippen LogP contribution is -2.52. The number of ketones is 1. The van der Waals surface area contributed by atoms with Gasteiger partial charge in [-0.2, -0.15) is 13.2 Å². The third-order valence-electron chi connectivity index (χ3n) is 5.55. The van der Waals surface area contributed by atoms with Crippen molar-refractivity contribution in [2.24, 2.45) is 0 Å². The van der Waals surface area contributed by atoms with Crippen molar-refractivity contribution in [3.63, 3.8) is 0 Å². The van der Waals surface area contributed by atoms with Crippen LogP contribution in [0, 0.1) is 0 Å². The monoisotopic (exact) mass is 612 g/mol. The van der Waals surface area contributed by atoms with Gasteiger partial charge in [-0.15, -0.1) is 11.8 Å². The number of rotatable bonds is 12. The molecular formula is C27H31F3N4O7S. The average molecular weight is 613 g/mol. The molecule has 0 fully saturated rings. The zero-order valence-electron chi connectivity index (χ0n) is 23.2. The number of alkyl halides is 3. The molecule has 0 aliphatic carbocycles. The molecule has 3 aromatic rings. The highest BCUT2D eigenvalue weighted by Gasteiger charge is 2.33. The number of thioether (sulfide) groups is 1. The molecule has 11 nitrogen and oxygen atoms in total. The van der Waals surface area contributed by atoms with E-state index in [9.17, 15) is 32.7 Å². The highest BCUT2D eigenvalue weighted by Crippen LogP contribution is 2.33. The molecule has 2 heterocycles. The maximum atomic E-state index is 12.6. The average Bonchev–Trinajstić information content (AvgIpc) is 3.46. The SMILES string of the molecule is CC(=O)C(F)(F)F.COc1c(CNC(O)C(=O)NC(C)(C)CCSc2ccc(C(=O)O)cn2)cccc1-c1cnco1. The molecule has 0 aliphatic rings. The van der Waals surface area contributed by atoms with Crippen LogP contribution in [0.5, 0.6) is 5.75 Å². The first kappa shape index (κ1) is 34.3. The lowest BCUT2D eigenvalue weighted by molar-refractivity contribution is -0.168. The quantitative estimate of drug-likeness (QED) is 0.172. The van der Waals surface area contributed by atoms with Crippen LogP contribution in [0.1, 0.15) is 43.1 Å². The molecule has 15 heteroatoms. The molecule has 42 heavy (non-hydrogen) atoms. The number of oxazole rings is 1. The number of carboxylic acid groups (broad SMARTS) is 1. The van der Waals surface area contributed by atoms with Gasteiger partial charge in [-0.05, 0) is 38.5 Å². The Morgan fingerprint density at radius 2 is 1.83 bits per heavy atom. The van der Waals surface area contributed by atoms with Crippen molar-refractivity contribution in [3.05, 3.63) is 60.2 Å². The zero-order valence-corrected chi connectivity index (χ0v) is 24.0. The number of nitrogens with zero attached hydrogens (tertiary/aromatic N) is 2. The molecule has 1 aromatic carbocycles. The number of carbonyl (C=O) groups is 3. The number of aliphatic hydroxyl groups is 1. The fourth-order valence-corrected chi connectivity index (χ4v) is 4.39. The van der Waals surface area contributed by atoms with Crippen molar-refractivity contribution in [1.82, 2.24) is 20.6 Å². The Morgan fingerprint density at radius 3 is 2.36 bits per heavy atom. The van der Waals surface area contributed by atoms with E-state index in [1.807, 2.05) is 32.0 Å². The Hall–Kier alpha value is -3.95. The van der Waals surface area contributed by atoms with Crippen LogP contribution in [0.15, 0.2) is 58.6 Å². The molecular weight excluding hydrogens is 581 g/mol. The van der Waals surface area contributed by atoms with Gasteiger partial charge in [0.1, 0.15) is 5.75 Å². The van der Waals surface area contributed by atoms with Crippen molar-refractivity contribution in [3.8, 4) is 17.1 Å². The Bertz CT molecular complexity index is 1330. The number of hydrogen-bond acceptors (Lipinski definition) is 10. The number of hydrogen-bond donors (Lipinski definition) is 4. The first-order valence-electron chi connectivity index (χ1n) is 12.3. The van der Waals surface area contributed by atoms with Gasteiger partial charge in [0.2, 0.25) is 5.78 Å². The summed E-state index contributed by atoms with van der Waals surface area (Å²) in [5.74, 6) is -1.57. The lowest BCUT2D eigenvalue weighted by atomic mass is 10.0. The topological polar surface area (TPSA) is 164 Å². The van der Waals surface area contributed by atoms with E-state index in [0.717, 1.165) is 5.56 Å². The first-order valence-corrected chi connectivity index (χ1v) is 13.3. The normalized spacial score (nSPS) is 12.1. The number of methoxy groups -OCH3 is 1. The van der Waals surface area contributed by atoms with E-state index in [1.54, 1.807) is 19.4 Å². The van der Waals surface area contributed by atoms with Crippen LogP contribution in [0.4, 0.5) is 13.2 Å². The molecule has 1 unspecified atom stereocenters. The predicted molar refractivity (Wildman–Crippen MR) is 147 cm³/mol. The number of para-hydroxylation sites is 1. The van der Waals surface area contributed by atoms with Crippen LogP contribution in [-0.2, 0) is 16.1 Å². The van der Waals surface area contributed by atoms with Gasteiger partial charge in [-0.1, -0.05) is 12.1 Å². The minimum absolute atomic E-state index is 0.130. The van der Waals surface area contributed by atoms with E-state index in [1.165, 1.54) is 30.4 Å². The maximum Gasteiger partial charge on any atom is 0.449 e. The largest absolute Gasteiger partial charge is 0.496 e. The van der Waals surface area contributed by atoms with E-state index in [-0.39, 0.29) is 12.1 Å². The van der Waals surface area contributed by atoms with Gasteiger partial charge >= 0.3 is 12.1 Å². The Balaban J connectivity index is 0.000000782. The summed E-state index contributed by atoms with van der Waals surface area (Å²) in [4.78, 5) is 40.9. The van der Waals surface area contributed by atoms with E-state index in [4.69, 9.17) is 14.3 Å². The van der Waals surface area contributed by atoms with Gasteiger partial charge < -0.3 is 24.7 Å². The number of Topliss-reactive ketones (excluding diaryl/α,β-unsaturated/α-hetero) is 1. The molecule has 1 atom stereocenters. The number of benzene rings is 1. The second-order valence-corrected chi connectivity index (χ2v) is 10.5. The number of halogens is 3. The van der Waals surface area contributed by atoms with E-state index < -0.39 is 35.6 Å². The van der Waals surface area contributed by atoms with Gasteiger partial charge in [0.25, 0.3) is 5.91 Å². The van der Waals surface area contributed by atoms with Crippen LogP contribution in [0.25, 0.3) is 11.3 Å². The van der Waals surface area contributed by atoms with Crippen LogP contribution >= 0.6 is 11.8 Å². The summed E-state index contributed by atoms with van der Waals surface area (Å²) >= 11 is 1.46. The molecule has 3 rings (SSSR count). The van der Waals surface area contributed by atoms with Crippen molar-refractivity contribution < 1.29 is 46.9 Å². The molecule has 1 amide bonds. The highest BCUT2D eigenvalue weighted by molar-refractivity contribution is 7.99. The molecule has 2 aromatic heterocycles. The zero-order chi connectivity index (χ0) is 31.5. The summed E-state index contributed by atoms with van der Waals surface area (Å²) in [7, 11) is 1.54. The first-order chi connectivity index (χ1) is 19.6. The number of carboxylic acids is 1. The third kappa shape index (κ3) is 10.8. The maximum absolute atomic E-state index is 12.6. The standard InChI is InChI=1S/C24H28N4O6S.C3H3F3O/c1-24(2,9-10-35-19-8-7-16(12-26-19)23(31)32)28-22(30)21(29)27-11-15-5-4-6-17(20(15)33-3)18-13-25-14-34-18;1-2(7)3(4,5)6/h4-8,12-14,21,27,29H,9-11H2,1-3H3,(H,28,30)(H,31,32);1H3. The van der Waals surface area contributed by atoms with Gasteiger partial charge in [-0.3, -0.25) is 14.9 Å². The number of pyridine rings is 1. The molecule has 0 saturated carbocycles. The Kier molecular flexibility index (Phi) is 12.5. The van der Waals surface area contributed by atoms with E-state index >= 15 is 0 Å². The smallest absolute Gasteiger partial charge is 0.449 e. The number of carbonyl (C=O) groups excluding carboxylic acids is 2. The summed E-state index contributed by atoms with van der Waals surface area (Å²) in [5, 5.41) is 25.7. The van der Waals surface area contributed by atoms with Crippen LogP contribution in [0.3, 0.4) is 0 Å². The van der Waals surface area contributed by atoms with Crippen molar-refractivity contribution in [1.29, 1.82) is 0 Å². The molecule has 228 valence electrons. The van der Waals surface area contributed by atoms with Crippen molar-refractivity contribution >= 4 is 29.4 Å². The number of amides is 1. The highest BCUT2D eigenvalue weighted by atomic mass is 32.2. The predicted octanol–water partition coefficient (Wildman–Crippen LogP) is 4.07. The Morgan fingerprint density at radius 1 is 1.14 bits per heavy atom. The van der Waals surface area contributed by atoms with Crippen LogP contribution in [0.2, 0.25) is 0 Å². The van der Waals surface area contributed by atoms with Crippen molar-refractivity contribution in [2.45, 2.75) is 56.7 Å². The molecule has 0 spiro atoms. The lowest BCUT2D eigenvalue weighted by Gasteiger charge is -2.27. The fourth-order valence-electron chi connectivity index (χ4n) is 3.27. The number of aromatic nitrogens is 2. The van der Waals surface area contributed by atoms with Gasteiger partial charge in [0.05, 0.1) is 29.5 Å². The van der Waals surface area contributed by atoms with Crippen LogP contribution in [-0.4, -0.2) is 68.6 Å². The molecule has 0 radical (unpaired) electrons. The summed E-state index contributed by atoms with van der Waals surface area (Å²) in [5.41, 5.74) is 1.00. The van der Waals surface area contributed by atoms with Gasteiger partial charge in [-0.25, -0.2) is 14.8 Å². The summed E-state index contributed by atoms with van der Waals surface area (Å²) in [6.07, 6.45) is -1.23. The summed E-state index contributed by atoms with van der Waals surface area (Å²) in [6.45, 7) is 4.40. The summed E-state index contributed by atoms with van der Waals surface area (Å²) < 4.78 is 43.4.